The summed E-state index contributed by atoms with van der Waals surface area (Å²) in [7, 11) is 4.12. The average Bonchev–Trinajstić information content (AvgIpc) is 2.66. The zero-order valence-corrected chi connectivity index (χ0v) is 14.4. The van der Waals surface area contributed by atoms with Crippen molar-refractivity contribution in [1.82, 2.24) is 0 Å². The van der Waals surface area contributed by atoms with Crippen LogP contribution in [0.5, 0.6) is 5.75 Å². The number of ether oxygens (including phenoxy) is 3. The van der Waals surface area contributed by atoms with Gasteiger partial charge >= 0.3 is 11.9 Å². The van der Waals surface area contributed by atoms with E-state index in [1.165, 1.54) is 21.3 Å². The molecular formula is C19H21NO5. The number of nitrogens with one attached hydrogen (secondary N) is 1. The number of carbonyl (C=O) groups is 2. The first kappa shape index (κ1) is 18.3. The van der Waals surface area contributed by atoms with Crippen LogP contribution in [0.3, 0.4) is 0 Å². The maximum absolute atomic E-state index is 12.1. The molecule has 0 radical (unpaired) electrons. The maximum atomic E-state index is 12.1. The van der Waals surface area contributed by atoms with E-state index in [4.69, 9.17) is 14.2 Å². The Kier molecular flexibility index (Phi) is 6.39. The van der Waals surface area contributed by atoms with Crippen molar-refractivity contribution in [2.45, 2.75) is 12.5 Å². The Morgan fingerprint density at radius 1 is 1.00 bits per heavy atom. The molecule has 6 heteroatoms. The van der Waals surface area contributed by atoms with Crippen molar-refractivity contribution in [3.63, 3.8) is 0 Å². The van der Waals surface area contributed by atoms with Gasteiger partial charge < -0.3 is 19.5 Å². The fourth-order valence-electron chi connectivity index (χ4n) is 2.45. The molecule has 0 saturated carbocycles. The number of carbonyl (C=O) groups excluding carboxylic acids is 2. The minimum absolute atomic E-state index is 0.276. The van der Waals surface area contributed by atoms with Crippen molar-refractivity contribution < 1.29 is 23.8 Å². The molecule has 1 N–H and O–H groups in total. The number of rotatable bonds is 7. The average molecular weight is 343 g/mol. The van der Waals surface area contributed by atoms with Gasteiger partial charge in [-0.2, -0.15) is 0 Å². The summed E-state index contributed by atoms with van der Waals surface area (Å²) in [5.41, 5.74) is 1.86. The van der Waals surface area contributed by atoms with Gasteiger partial charge in [-0.3, -0.25) is 0 Å². The Morgan fingerprint density at radius 3 is 2.32 bits per heavy atom. The highest BCUT2D eigenvalue weighted by Gasteiger charge is 2.21. The first-order chi connectivity index (χ1) is 12.1. The molecule has 0 saturated heterocycles. The molecule has 0 spiro atoms. The summed E-state index contributed by atoms with van der Waals surface area (Å²) in [6.45, 7) is 0. The lowest BCUT2D eigenvalue weighted by Gasteiger charge is -2.19. The third-order valence-electron chi connectivity index (χ3n) is 3.71. The Balaban J connectivity index is 2.26. The maximum Gasteiger partial charge on any atom is 0.341 e. The molecule has 132 valence electrons. The Hall–Kier alpha value is -3.02. The van der Waals surface area contributed by atoms with E-state index in [1.54, 1.807) is 18.2 Å². The van der Waals surface area contributed by atoms with Gasteiger partial charge in [0.1, 0.15) is 17.4 Å². The van der Waals surface area contributed by atoms with E-state index in [9.17, 15) is 9.59 Å². The number of esters is 2. The molecule has 0 aromatic heterocycles. The highest BCUT2D eigenvalue weighted by Crippen LogP contribution is 2.24. The minimum atomic E-state index is -0.591. The molecule has 0 fully saturated rings. The van der Waals surface area contributed by atoms with Gasteiger partial charge in [0, 0.05) is 12.1 Å². The fraction of sp³-hybridized carbons (Fsp3) is 0.263. The summed E-state index contributed by atoms with van der Waals surface area (Å²) in [5.74, 6) is -0.507. The van der Waals surface area contributed by atoms with Crippen LogP contribution < -0.4 is 10.1 Å². The predicted octanol–water partition coefficient (Wildman–Crippen LogP) is 2.68. The number of methoxy groups -OCH3 is 3. The number of benzene rings is 2. The SMILES string of the molecule is COC(=O)c1cc(N[C@@H](Cc2ccccc2)C(=O)OC)ccc1OC. The molecule has 25 heavy (non-hydrogen) atoms. The van der Waals surface area contributed by atoms with Crippen molar-refractivity contribution >= 4 is 17.6 Å². The van der Waals surface area contributed by atoms with Crippen LogP contribution in [-0.4, -0.2) is 39.3 Å². The van der Waals surface area contributed by atoms with Crippen LogP contribution in [0.25, 0.3) is 0 Å². The normalized spacial score (nSPS) is 11.3. The second kappa shape index (κ2) is 8.73. The molecule has 1 atom stereocenters. The van der Waals surface area contributed by atoms with Crippen LogP contribution in [0.2, 0.25) is 0 Å². The first-order valence-corrected chi connectivity index (χ1v) is 7.73. The van der Waals surface area contributed by atoms with Gasteiger partial charge in [-0.15, -0.1) is 0 Å². The lowest BCUT2D eigenvalue weighted by atomic mass is 10.1. The third kappa shape index (κ3) is 4.73. The van der Waals surface area contributed by atoms with Crippen LogP contribution in [0.15, 0.2) is 48.5 Å². The van der Waals surface area contributed by atoms with Gasteiger partial charge in [0.15, 0.2) is 0 Å². The van der Waals surface area contributed by atoms with Crippen molar-refractivity contribution in [2.75, 3.05) is 26.6 Å². The molecule has 6 nitrogen and oxygen atoms in total. The Labute approximate surface area is 146 Å². The van der Waals surface area contributed by atoms with Crippen molar-refractivity contribution in [2.24, 2.45) is 0 Å². The first-order valence-electron chi connectivity index (χ1n) is 7.73. The quantitative estimate of drug-likeness (QED) is 0.779. The molecule has 0 unspecified atom stereocenters. The van der Waals surface area contributed by atoms with Gasteiger partial charge in [0.05, 0.1) is 21.3 Å². The second-order valence-electron chi connectivity index (χ2n) is 5.32. The highest BCUT2D eigenvalue weighted by atomic mass is 16.5. The van der Waals surface area contributed by atoms with Crippen LogP contribution in [0.1, 0.15) is 15.9 Å². The van der Waals surface area contributed by atoms with Gasteiger partial charge in [-0.25, -0.2) is 9.59 Å². The predicted molar refractivity (Wildman–Crippen MR) is 93.9 cm³/mol. The molecule has 0 bridgehead atoms. The number of anilines is 1. The molecule has 0 aliphatic carbocycles. The molecule has 0 aliphatic rings. The van der Waals surface area contributed by atoms with Crippen LogP contribution in [0, 0.1) is 0 Å². The largest absolute Gasteiger partial charge is 0.496 e. The molecule has 0 aliphatic heterocycles. The summed E-state index contributed by atoms with van der Waals surface area (Å²) in [6.07, 6.45) is 0.451. The summed E-state index contributed by atoms with van der Waals surface area (Å²) in [6, 6.07) is 14.0. The summed E-state index contributed by atoms with van der Waals surface area (Å²) in [4.78, 5) is 24.0. The van der Waals surface area contributed by atoms with E-state index in [2.05, 4.69) is 5.32 Å². The number of hydrogen-bond donors (Lipinski definition) is 1. The van der Waals surface area contributed by atoms with Gasteiger partial charge in [-0.1, -0.05) is 30.3 Å². The van der Waals surface area contributed by atoms with E-state index in [0.717, 1.165) is 5.56 Å². The number of hydrogen-bond acceptors (Lipinski definition) is 6. The molecule has 2 aromatic carbocycles. The van der Waals surface area contributed by atoms with Crippen LogP contribution in [0.4, 0.5) is 5.69 Å². The summed E-state index contributed by atoms with van der Waals surface area (Å²) in [5, 5.41) is 3.11. The van der Waals surface area contributed by atoms with E-state index < -0.39 is 12.0 Å². The molecule has 0 heterocycles. The topological polar surface area (TPSA) is 73.9 Å². The monoisotopic (exact) mass is 343 g/mol. The molecular weight excluding hydrogens is 322 g/mol. The standard InChI is InChI=1S/C19H21NO5/c1-23-17-10-9-14(12-15(17)18(21)24-2)20-16(19(22)25-3)11-13-7-5-4-6-8-13/h4-10,12,16,20H,11H2,1-3H3/t16-/m0/s1. The van der Waals surface area contributed by atoms with E-state index >= 15 is 0 Å². The minimum Gasteiger partial charge on any atom is -0.496 e. The van der Waals surface area contributed by atoms with E-state index in [0.29, 0.717) is 17.9 Å². The van der Waals surface area contributed by atoms with Crippen molar-refractivity contribution in [1.29, 1.82) is 0 Å². The van der Waals surface area contributed by atoms with E-state index in [1.807, 2.05) is 30.3 Å². The van der Waals surface area contributed by atoms with Gasteiger partial charge in [0.2, 0.25) is 0 Å². The zero-order chi connectivity index (χ0) is 18.2. The van der Waals surface area contributed by atoms with Crippen molar-refractivity contribution in [3.05, 3.63) is 59.7 Å². The smallest absolute Gasteiger partial charge is 0.341 e. The van der Waals surface area contributed by atoms with Gasteiger partial charge in [0.25, 0.3) is 0 Å². The second-order valence-corrected chi connectivity index (χ2v) is 5.32. The van der Waals surface area contributed by atoms with Crippen molar-refractivity contribution in [3.8, 4) is 5.75 Å². The van der Waals surface area contributed by atoms with E-state index in [-0.39, 0.29) is 11.5 Å². The molecule has 2 rings (SSSR count). The zero-order valence-electron chi connectivity index (χ0n) is 14.4. The van der Waals surface area contributed by atoms with Crippen LogP contribution >= 0.6 is 0 Å². The van der Waals surface area contributed by atoms with Gasteiger partial charge in [-0.05, 0) is 23.8 Å². The summed E-state index contributed by atoms with van der Waals surface area (Å²) < 4.78 is 14.8. The summed E-state index contributed by atoms with van der Waals surface area (Å²) >= 11 is 0. The van der Waals surface area contributed by atoms with Crippen LogP contribution in [-0.2, 0) is 20.7 Å². The fourth-order valence-corrected chi connectivity index (χ4v) is 2.45. The third-order valence-corrected chi connectivity index (χ3v) is 3.71. The molecule has 0 amide bonds. The Bertz CT molecular complexity index is 730. The Morgan fingerprint density at radius 2 is 1.72 bits per heavy atom. The highest BCUT2D eigenvalue weighted by molar-refractivity contribution is 5.94. The lowest BCUT2D eigenvalue weighted by molar-refractivity contribution is -0.141. The molecule has 2 aromatic rings. The lowest BCUT2D eigenvalue weighted by Crippen LogP contribution is -2.32.